The molecule has 0 saturated carbocycles. The van der Waals surface area contributed by atoms with E-state index < -0.39 is 6.51 Å². The van der Waals surface area contributed by atoms with Crippen LogP contribution in [0.3, 0.4) is 0 Å². The van der Waals surface area contributed by atoms with Gasteiger partial charge in [-0.1, -0.05) is 0 Å². The first-order valence-electron chi connectivity index (χ1n) is 7.69. The van der Waals surface area contributed by atoms with E-state index in [1.807, 2.05) is 0 Å². The minimum atomic E-state index is -2.91. The fourth-order valence-corrected chi connectivity index (χ4v) is 91.6. The van der Waals surface area contributed by atoms with Gasteiger partial charge >= 0.3 is 95.7 Å². The molecule has 0 aromatic carbocycles. The second-order valence-corrected chi connectivity index (χ2v) is 35.0. The number of fused-ring (bicyclic) bond motifs is 10. The van der Waals surface area contributed by atoms with Crippen LogP contribution in [0.5, 0.6) is 0 Å². The van der Waals surface area contributed by atoms with E-state index in [0.29, 0.717) is 0 Å². The molecule has 0 amide bonds. The van der Waals surface area contributed by atoms with E-state index in [2.05, 4.69) is 25.3 Å². The zero-order valence-corrected chi connectivity index (χ0v) is 11.3. The van der Waals surface area contributed by atoms with Crippen molar-refractivity contribution in [2.45, 2.75) is 54.6 Å². The van der Waals surface area contributed by atoms with Crippen molar-refractivity contribution in [3.05, 3.63) is 29.6 Å². The quantitative estimate of drug-likeness (QED) is 0.701. The molecule has 92 valence electrons. The van der Waals surface area contributed by atoms with Gasteiger partial charge in [-0.25, -0.2) is 0 Å². The second-order valence-electron chi connectivity index (χ2n) is 11.4. The molecule has 2 heteroatoms. The fraction of sp³-hybridized carbons (Fsp3) is 0.688. The number of nitrogens with zero attached hydrogens (tertiary/aromatic N) is 1. The van der Waals surface area contributed by atoms with Crippen LogP contribution < -0.4 is 0 Å². The first-order valence-corrected chi connectivity index (χ1v) is 14.0. The number of hydrogen-bond acceptors (Lipinski definition) is 1. The monoisotopic (exact) mass is 277 g/mol. The molecule has 1 aromatic rings. The summed E-state index contributed by atoms with van der Waals surface area (Å²) in [7, 11) is 0. The average Bonchev–Trinajstić information content (AvgIpc) is 3.32. The maximum absolute atomic E-state index is 4.97. The van der Waals surface area contributed by atoms with Crippen molar-refractivity contribution < 1.29 is 6.51 Å². The molecule has 0 N–H and O–H groups in total. The van der Waals surface area contributed by atoms with E-state index in [1.54, 1.807) is 5.69 Å². The molecule has 10 fully saturated rings. The summed E-state index contributed by atoms with van der Waals surface area (Å²) in [6.07, 6.45) is 2.12. The zero-order chi connectivity index (χ0) is 11.0. The van der Waals surface area contributed by atoms with E-state index >= 15 is 0 Å². The van der Waals surface area contributed by atoms with Gasteiger partial charge in [-0.3, -0.25) is 0 Å². The van der Waals surface area contributed by atoms with Crippen LogP contribution in [0.2, 0.25) is 43.3 Å². The summed E-state index contributed by atoms with van der Waals surface area (Å²) in [5.74, 6) is 0. The molecule has 1 aromatic heterocycles. The number of aromatic nitrogens is 1. The van der Waals surface area contributed by atoms with Crippen LogP contribution in [0, 0.1) is 6.92 Å². The number of pyridine rings is 1. The molecule has 11 heterocycles. The Hall–Kier alpha value is -0.331. The summed E-state index contributed by atoms with van der Waals surface area (Å²) < 4.78 is 0.866. The number of hydrogen-bond donors (Lipinski definition) is 0. The van der Waals surface area contributed by atoms with Crippen LogP contribution >= 0.6 is 0 Å². The van der Waals surface area contributed by atoms with E-state index in [1.165, 1.54) is 48.9 Å². The molecule has 1 spiro atoms. The Morgan fingerprint density at radius 2 is 1.61 bits per heavy atom. The van der Waals surface area contributed by atoms with Gasteiger partial charge in [-0.15, -0.1) is 0 Å². The van der Waals surface area contributed by atoms with Crippen molar-refractivity contribution in [2.75, 3.05) is 0 Å². The van der Waals surface area contributed by atoms with E-state index in [4.69, 9.17) is 4.98 Å². The Bertz CT molecular complexity index is 1080. The van der Waals surface area contributed by atoms with Gasteiger partial charge < -0.3 is 0 Å². The third kappa shape index (κ3) is 0.0645. The molecule has 10 saturated heterocycles. The summed E-state index contributed by atoms with van der Waals surface area (Å²) in [5, 5.41) is 0. The van der Waals surface area contributed by atoms with Crippen molar-refractivity contribution in [3.8, 4) is 0 Å². The van der Waals surface area contributed by atoms with Crippen molar-refractivity contribution in [1.29, 1.82) is 0 Å². The van der Waals surface area contributed by atoms with E-state index in [9.17, 15) is 0 Å². The van der Waals surface area contributed by atoms with E-state index in [-0.39, 0.29) is 0 Å². The van der Waals surface area contributed by atoms with Crippen LogP contribution in [0.1, 0.15) is 11.3 Å². The van der Waals surface area contributed by atoms with E-state index in [0.717, 1.165) is 4.31 Å². The molecule has 4 atom stereocenters. The van der Waals surface area contributed by atoms with Crippen molar-refractivity contribution >= 4 is 0 Å². The molecule has 10 aliphatic rings. The fourth-order valence-electron chi connectivity index (χ4n) is 17.6. The van der Waals surface area contributed by atoms with Gasteiger partial charge in [0.05, 0.1) is 0 Å². The van der Waals surface area contributed by atoms with Gasteiger partial charge in [0.15, 0.2) is 0 Å². The van der Waals surface area contributed by atoms with Gasteiger partial charge in [0.25, 0.3) is 0 Å². The van der Waals surface area contributed by atoms with Gasteiger partial charge in [-0.05, 0) is 0 Å². The molecular weight excluding hydrogens is 262 g/mol. The molecular formula is C16H15FeN. The van der Waals surface area contributed by atoms with Crippen LogP contribution in [0.15, 0.2) is 18.3 Å². The molecule has 0 aliphatic carbocycles. The Labute approximate surface area is 95.7 Å². The normalized spacial score (nSPS) is 113. The Balaban J connectivity index is 1.58. The Kier molecular flexibility index (Phi) is 0.190. The molecule has 18 heavy (non-hydrogen) atoms. The Morgan fingerprint density at radius 1 is 1.00 bits per heavy atom. The summed E-state index contributed by atoms with van der Waals surface area (Å²) in [4.78, 5) is 17.7. The first kappa shape index (κ1) is 6.41. The standard InChI is InChI=1S/C11H10N.C5H5.Fe/c1-9-6-7-12-11(8-9)10-4-2-3-5-10;1-2-4-5-3-1;/h2-8H,1H3;1-5H;. The van der Waals surface area contributed by atoms with Crippen LogP contribution in [-0.4, -0.2) is 4.98 Å². The third-order valence-corrected chi connectivity index (χ3v) is 58.3. The number of aryl methyl sites for hydroxylation is 1. The molecule has 10 aliphatic heterocycles. The van der Waals surface area contributed by atoms with Crippen molar-refractivity contribution in [2.24, 2.45) is 0 Å². The predicted octanol–water partition coefficient (Wildman–Crippen LogP) is 4.19. The van der Waals surface area contributed by atoms with Crippen molar-refractivity contribution in [3.63, 3.8) is 0 Å². The summed E-state index contributed by atoms with van der Waals surface area (Å²) in [5.41, 5.74) is 3.12. The molecule has 11 rings (SSSR count). The van der Waals surface area contributed by atoms with Gasteiger partial charge in [0.2, 0.25) is 0 Å². The minimum absolute atomic E-state index is 0.866. The number of rotatable bonds is 1. The van der Waals surface area contributed by atoms with Crippen LogP contribution in [0.25, 0.3) is 0 Å². The summed E-state index contributed by atoms with van der Waals surface area (Å²) >= 11 is 0. The first-order chi connectivity index (χ1) is 8.54. The Morgan fingerprint density at radius 3 is 2.00 bits per heavy atom. The van der Waals surface area contributed by atoms with Crippen LogP contribution in [-0.2, 0) is 10.8 Å². The predicted molar refractivity (Wildman–Crippen MR) is 64.4 cm³/mol. The maximum atomic E-state index is 4.97. The summed E-state index contributed by atoms with van der Waals surface area (Å²) in [6, 6.07) is 4.72. The second kappa shape index (κ2) is 0.533. The third-order valence-electron chi connectivity index (χ3n) is 16.0. The molecule has 0 radical (unpaired) electrons. The topological polar surface area (TPSA) is 12.9 Å². The molecule has 1 nitrogen and oxygen atoms in total. The van der Waals surface area contributed by atoms with Crippen molar-refractivity contribution in [1.82, 2.24) is 4.98 Å². The molecule has 4 unspecified atom stereocenters. The molecule has 0 bridgehead atoms. The van der Waals surface area contributed by atoms with Gasteiger partial charge in [0.1, 0.15) is 0 Å². The van der Waals surface area contributed by atoms with Crippen LogP contribution in [0.4, 0.5) is 0 Å². The van der Waals surface area contributed by atoms with Gasteiger partial charge in [0, 0.05) is 0 Å². The SMILES string of the molecule is Cc1ccnc([C]23[CH]4[CH]5[CH]6[CH]2[Fe]56432789[CH]3[CH]2[CH]7[CH]8[CH]39)c1. The zero-order valence-electron chi connectivity index (χ0n) is 10.2. The average molecular weight is 277 g/mol. The van der Waals surface area contributed by atoms with Gasteiger partial charge in [-0.2, -0.15) is 0 Å². The summed E-state index contributed by atoms with van der Waals surface area (Å²) in [6.45, 7) is -0.633.